The number of nitrogens with two attached hydrogens (primary N) is 1. The van der Waals surface area contributed by atoms with Crippen molar-refractivity contribution in [3.8, 4) is 0 Å². The molecule has 1 aromatic carbocycles. The van der Waals surface area contributed by atoms with Crippen molar-refractivity contribution >= 4 is 17.5 Å². The predicted molar refractivity (Wildman–Crippen MR) is 87.5 cm³/mol. The summed E-state index contributed by atoms with van der Waals surface area (Å²) in [4.78, 5) is 24.7. The zero-order valence-corrected chi connectivity index (χ0v) is 13.7. The molecule has 1 aliphatic rings. The van der Waals surface area contributed by atoms with Crippen LogP contribution in [0.25, 0.3) is 0 Å². The number of benzene rings is 1. The second kappa shape index (κ2) is 5.72. The van der Waals surface area contributed by atoms with Gasteiger partial charge in [-0.3, -0.25) is 9.59 Å². The van der Waals surface area contributed by atoms with Crippen LogP contribution >= 0.6 is 0 Å². The lowest BCUT2D eigenvalue weighted by Crippen LogP contribution is -2.30. The van der Waals surface area contributed by atoms with Crippen LogP contribution in [0.3, 0.4) is 0 Å². The van der Waals surface area contributed by atoms with Crippen LogP contribution in [0, 0.1) is 16.7 Å². The highest BCUT2D eigenvalue weighted by Gasteiger charge is 2.68. The number of amides is 2. The Morgan fingerprint density at radius 2 is 1.73 bits per heavy atom. The van der Waals surface area contributed by atoms with E-state index in [0.717, 1.165) is 0 Å². The van der Waals surface area contributed by atoms with Gasteiger partial charge in [-0.05, 0) is 23.0 Å². The summed E-state index contributed by atoms with van der Waals surface area (Å²) in [6.07, 6.45) is 0. The number of hydrogen-bond donors (Lipinski definition) is 3. The summed E-state index contributed by atoms with van der Waals surface area (Å²) in [6, 6.07) is 7.03. The van der Waals surface area contributed by atoms with E-state index in [4.69, 9.17) is 5.73 Å². The van der Waals surface area contributed by atoms with Crippen LogP contribution in [0.1, 0.15) is 38.1 Å². The lowest BCUT2D eigenvalue weighted by Gasteiger charge is -2.12. The van der Waals surface area contributed by atoms with Gasteiger partial charge in [0.1, 0.15) is 0 Å². The van der Waals surface area contributed by atoms with E-state index in [9.17, 15) is 9.59 Å². The van der Waals surface area contributed by atoms with Crippen LogP contribution in [-0.4, -0.2) is 24.9 Å². The van der Waals surface area contributed by atoms with Gasteiger partial charge >= 0.3 is 0 Å². The first-order chi connectivity index (χ1) is 10.2. The monoisotopic (exact) mass is 303 g/mol. The Hall–Kier alpha value is -1.88. The van der Waals surface area contributed by atoms with Gasteiger partial charge in [-0.25, -0.2) is 0 Å². The molecule has 1 saturated carbocycles. The molecule has 0 unspecified atom stereocenters. The lowest BCUT2D eigenvalue weighted by atomic mass is 10.0. The van der Waals surface area contributed by atoms with Gasteiger partial charge in [-0.1, -0.05) is 39.8 Å². The molecule has 2 rings (SSSR count). The van der Waals surface area contributed by atoms with Crippen molar-refractivity contribution < 1.29 is 9.59 Å². The zero-order valence-electron chi connectivity index (χ0n) is 13.7. The van der Waals surface area contributed by atoms with E-state index in [1.165, 1.54) is 0 Å². The highest BCUT2D eigenvalue weighted by atomic mass is 16.2. The number of nitrogens with one attached hydrogen (secondary N) is 2. The Labute approximate surface area is 131 Å². The Morgan fingerprint density at radius 1 is 1.14 bits per heavy atom. The summed E-state index contributed by atoms with van der Waals surface area (Å²) in [7, 11) is 0. The number of carbonyl (C=O) groups is 2. The molecule has 0 bridgehead atoms. The van der Waals surface area contributed by atoms with Crippen molar-refractivity contribution in [2.45, 2.75) is 27.7 Å². The molecule has 2 amide bonds. The Morgan fingerprint density at radius 3 is 2.27 bits per heavy atom. The SMILES string of the molecule is CC1(C)C(C(=O)Nc2ccccc2C(=O)NCCN)C1(C)C. The number of hydrogen-bond acceptors (Lipinski definition) is 3. The highest BCUT2D eigenvalue weighted by Crippen LogP contribution is 2.68. The fourth-order valence-electron chi connectivity index (χ4n) is 3.13. The van der Waals surface area contributed by atoms with Gasteiger partial charge in [0.2, 0.25) is 5.91 Å². The summed E-state index contributed by atoms with van der Waals surface area (Å²) >= 11 is 0. The van der Waals surface area contributed by atoms with Crippen molar-refractivity contribution in [1.29, 1.82) is 0 Å². The number of anilines is 1. The molecule has 22 heavy (non-hydrogen) atoms. The van der Waals surface area contributed by atoms with Gasteiger partial charge in [0.25, 0.3) is 5.91 Å². The Balaban J connectivity index is 2.14. The first-order valence-electron chi connectivity index (χ1n) is 7.61. The third-order valence-electron chi connectivity index (χ3n) is 5.14. The van der Waals surface area contributed by atoms with E-state index < -0.39 is 0 Å². The van der Waals surface area contributed by atoms with Gasteiger partial charge in [0.15, 0.2) is 0 Å². The molecule has 0 radical (unpaired) electrons. The predicted octanol–water partition coefficient (Wildman–Crippen LogP) is 2.00. The molecule has 0 spiro atoms. The standard InChI is InChI=1S/C17H25N3O2/c1-16(2)13(17(16,3)4)15(22)20-12-8-6-5-7-11(12)14(21)19-10-9-18/h5-8,13H,9-10,18H2,1-4H3,(H,19,21)(H,20,22). The topological polar surface area (TPSA) is 84.2 Å². The highest BCUT2D eigenvalue weighted by molar-refractivity contribution is 6.05. The van der Waals surface area contributed by atoms with E-state index in [1.807, 2.05) is 0 Å². The minimum atomic E-state index is -0.226. The normalized spacial score (nSPS) is 18.6. The smallest absolute Gasteiger partial charge is 0.253 e. The molecule has 0 aromatic heterocycles. The number of rotatable bonds is 5. The Bertz CT molecular complexity index is 579. The molecule has 4 N–H and O–H groups in total. The summed E-state index contributed by atoms with van der Waals surface area (Å²) in [5.74, 6) is -0.315. The van der Waals surface area contributed by atoms with Crippen LogP contribution in [0.15, 0.2) is 24.3 Å². The molecular weight excluding hydrogens is 278 g/mol. The molecule has 0 aliphatic heterocycles. The molecule has 5 nitrogen and oxygen atoms in total. The first kappa shape index (κ1) is 16.5. The van der Waals surface area contributed by atoms with E-state index in [-0.39, 0.29) is 28.6 Å². The molecular formula is C17H25N3O2. The fraction of sp³-hybridized carbons (Fsp3) is 0.529. The number of carbonyl (C=O) groups excluding carboxylic acids is 2. The molecule has 1 aromatic rings. The van der Waals surface area contributed by atoms with E-state index in [1.54, 1.807) is 24.3 Å². The second-order valence-corrected chi connectivity index (χ2v) is 6.96. The molecule has 1 aliphatic carbocycles. The molecule has 120 valence electrons. The second-order valence-electron chi connectivity index (χ2n) is 6.96. The lowest BCUT2D eigenvalue weighted by molar-refractivity contribution is -0.118. The average Bonchev–Trinajstić information content (AvgIpc) is 2.86. The number of para-hydroxylation sites is 1. The summed E-state index contributed by atoms with van der Waals surface area (Å²) < 4.78 is 0. The van der Waals surface area contributed by atoms with E-state index in [2.05, 4.69) is 38.3 Å². The first-order valence-corrected chi connectivity index (χ1v) is 7.61. The van der Waals surface area contributed by atoms with Crippen molar-refractivity contribution in [3.63, 3.8) is 0 Å². The zero-order chi connectivity index (χ0) is 16.5. The van der Waals surface area contributed by atoms with Crippen LogP contribution in [0.4, 0.5) is 5.69 Å². The molecule has 0 atom stereocenters. The van der Waals surface area contributed by atoms with Gasteiger partial charge in [0, 0.05) is 19.0 Å². The van der Waals surface area contributed by atoms with Gasteiger partial charge < -0.3 is 16.4 Å². The minimum absolute atomic E-state index is 0.0333. The maximum absolute atomic E-state index is 12.5. The maximum Gasteiger partial charge on any atom is 0.253 e. The van der Waals surface area contributed by atoms with Crippen LogP contribution < -0.4 is 16.4 Å². The fourth-order valence-corrected chi connectivity index (χ4v) is 3.13. The molecule has 1 fully saturated rings. The maximum atomic E-state index is 12.5. The van der Waals surface area contributed by atoms with E-state index >= 15 is 0 Å². The van der Waals surface area contributed by atoms with Crippen molar-refractivity contribution in [2.75, 3.05) is 18.4 Å². The summed E-state index contributed by atoms with van der Waals surface area (Å²) in [5, 5.41) is 5.63. The molecule has 0 heterocycles. The largest absolute Gasteiger partial charge is 0.351 e. The van der Waals surface area contributed by atoms with Crippen LogP contribution in [0.5, 0.6) is 0 Å². The quantitative estimate of drug-likeness (QED) is 0.778. The molecule has 5 heteroatoms. The third kappa shape index (κ3) is 2.73. The van der Waals surface area contributed by atoms with Crippen LogP contribution in [0.2, 0.25) is 0 Å². The summed E-state index contributed by atoms with van der Waals surface area (Å²) in [6.45, 7) is 9.16. The molecule has 0 saturated heterocycles. The van der Waals surface area contributed by atoms with Crippen molar-refractivity contribution in [2.24, 2.45) is 22.5 Å². The van der Waals surface area contributed by atoms with Gasteiger partial charge in [0.05, 0.1) is 11.3 Å². The van der Waals surface area contributed by atoms with Crippen LogP contribution in [-0.2, 0) is 4.79 Å². The Kier molecular flexibility index (Phi) is 4.29. The minimum Gasteiger partial charge on any atom is -0.351 e. The third-order valence-corrected chi connectivity index (χ3v) is 5.14. The van der Waals surface area contributed by atoms with Crippen molar-refractivity contribution in [3.05, 3.63) is 29.8 Å². The van der Waals surface area contributed by atoms with Crippen molar-refractivity contribution in [1.82, 2.24) is 5.32 Å². The van der Waals surface area contributed by atoms with E-state index in [0.29, 0.717) is 24.3 Å². The van der Waals surface area contributed by atoms with Gasteiger partial charge in [-0.2, -0.15) is 0 Å². The average molecular weight is 303 g/mol. The van der Waals surface area contributed by atoms with Gasteiger partial charge in [-0.15, -0.1) is 0 Å². The summed E-state index contributed by atoms with van der Waals surface area (Å²) in [5.41, 5.74) is 6.33.